The lowest BCUT2D eigenvalue weighted by atomic mass is 9.85. The minimum atomic E-state index is -0.956. The molecule has 0 radical (unpaired) electrons. The van der Waals surface area contributed by atoms with Gasteiger partial charge in [0.1, 0.15) is 5.82 Å². The van der Waals surface area contributed by atoms with Gasteiger partial charge in [0.15, 0.2) is 0 Å². The summed E-state index contributed by atoms with van der Waals surface area (Å²) in [5, 5.41) is 15.5. The largest absolute Gasteiger partial charge is 0.389 e. The minimum absolute atomic E-state index is 0.0859. The summed E-state index contributed by atoms with van der Waals surface area (Å²) in [7, 11) is 0. The first kappa shape index (κ1) is 21.9. The first-order valence-corrected chi connectivity index (χ1v) is 10.2. The van der Waals surface area contributed by atoms with Gasteiger partial charge in [-0.25, -0.2) is 4.39 Å². The second-order valence-corrected chi connectivity index (χ2v) is 8.51. The molecule has 6 nitrogen and oxygen atoms in total. The van der Waals surface area contributed by atoms with Gasteiger partial charge >= 0.3 is 0 Å². The Morgan fingerprint density at radius 1 is 1.23 bits per heavy atom. The van der Waals surface area contributed by atoms with Crippen molar-refractivity contribution >= 4 is 11.8 Å². The summed E-state index contributed by atoms with van der Waals surface area (Å²) in [6, 6.07) is 9.41. The fraction of sp³-hybridized carbons (Fsp3) is 0.435. The average Bonchev–Trinajstić information content (AvgIpc) is 2.72. The zero-order chi connectivity index (χ0) is 21.7. The molecule has 30 heavy (non-hydrogen) atoms. The highest BCUT2D eigenvalue weighted by Crippen LogP contribution is 2.25. The van der Waals surface area contributed by atoms with E-state index in [0.717, 1.165) is 19.3 Å². The Kier molecular flexibility index (Phi) is 6.82. The van der Waals surface area contributed by atoms with Gasteiger partial charge in [0, 0.05) is 30.3 Å². The molecule has 0 unspecified atom stereocenters. The Bertz CT molecular complexity index is 893. The predicted octanol–water partition coefficient (Wildman–Crippen LogP) is 3.06. The summed E-state index contributed by atoms with van der Waals surface area (Å²) in [5.41, 5.74) is 0.702. The van der Waals surface area contributed by atoms with E-state index in [9.17, 15) is 19.1 Å². The highest BCUT2D eigenvalue weighted by Gasteiger charge is 2.29. The van der Waals surface area contributed by atoms with Crippen LogP contribution < -0.4 is 10.6 Å². The molecular formula is C23H28FN3O3. The molecule has 1 fully saturated rings. The minimum Gasteiger partial charge on any atom is -0.389 e. The van der Waals surface area contributed by atoms with Gasteiger partial charge in [-0.05, 0) is 57.4 Å². The number of aliphatic hydroxyl groups is 1. The molecule has 0 spiro atoms. The summed E-state index contributed by atoms with van der Waals surface area (Å²) in [6.07, 6.45) is 4.48. The number of nitrogens with one attached hydrogen (secondary N) is 2. The lowest BCUT2D eigenvalue weighted by Crippen LogP contribution is -2.45. The number of benzene rings is 1. The summed E-state index contributed by atoms with van der Waals surface area (Å²) < 4.78 is 13.4. The average molecular weight is 413 g/mol. The van der Waals surface area contributed by atoms with E-state index in [1.54, 1.807) is 38.1 Å². The van der Waals surface area contributed by atoms with Crippen molar-refractivity contribution in [2.45, 2.75) is 51.2 Å². The Balaban J connectivity index is 1.57. The van der Waals surface area contributed by atoms with Gasteiger partial charge < -0.3 is 15.7 Å². The molecule has 160 valence electrons. The van der Waals surface area contributed by atoms with Crippen LogP contribution in [0.25, 0.3) is 11.3 Å². The maximum Gasteiger partial charge on any atom is 0.253 e. The molecule has 1 aliphatic rings. The Labute approximate surface area is 175 Å². The zero-order valence-corrected chi connectivity index (χ0v) is 17.3. The van der Waals surface area contributed by atoms with E-state index in [0.29, 0.717) is 23.2 Å². The molecular weight excluding hydrogens is 385 g/mol. The summed E-state index contributed by atoms with van der Waals surface area (Å²) in [6.45, 7) is 3.48. The summed E-state index contributed by atoms with van der Waals surface area (Å²) >= 11 is 0. The molecule has 0 aliphatic heterocycles. The lowest BCUT2D eigenvalue weighted by Gasteiger charge is -2.29. The zero-order valence-electron chi connectivity index (χ0n) is 17.3. The van der Waals surface area contributed by atoms with E-state index in [4.69, 9.17) is 0 Å². The van der Waals surface area contributed by atoms with Crippen LogP contribution in [0.3, 0.4) is 0 Å². The van der Waals surface area contributed by atoms with Crippen LogP contribution in [0, 0.1) is 11.7 Å². The normalized spacial score (nSPS) is 19.2. The molecule has 7 heteroatoms. The van der Waals surface area contributed by atoms with Crippen LogP contribution in [-0.2, 0) is 4.79 Å². The number of amides is 2. The number of nitrogens with zero attached hydrogens (tertiary/aromatic N) is 1. The first-order chi connectivity index (χ1) is 14.2. The highest BCUT2D eigenvalue weighted by atomic mass is 19.1. The third-order valence-corrected chi connectivity index (χ3v) is 5.22. The van der Waals surface area contributed by atoms with Crippen LogP contribution in [0.15, 0.2) is 42.6 Å². The van der Waals surface area contributed by atoms with Crippen molar-refractivity contribution in [3.8, 4) is 11.3 Å². The number of hydrogen-bond donors (Lipinski definition) is 3. The van der Waals surface area contributed by atoms with Gasteiger partial charge in [0.05, 0.1) is 16.9 Å². The van der Waals surface area contributed by atoms with E-state index >= 15 is 0 Å². The summed E-state index contributed by atoms with van der Waals surface area (Å²) in [5.74, 6) is -0.845. The van der Waals surface area contributed by atoms with Gasteiger partial charge in [-0.15, -0.1) is 0 Å². The maximum absolute atomic E-state index is 13.4. The molecule has 0 saturated heterocycles. The van der Waals surface area contributed by atoms with Gasteiger partial charge in [-0.1, -0.05) is 18.6 Å². The van der Waals surface area contributed by atoms with E-state index in [1.165, 1.54) is 18.3 Å². The Morgan fingerprint density at radius 2 is 2.03 bits per heavy atom. The molecule has 1 saturated carbocycles. The lowest BCUT2D eigenvalue weighted by molar-refractivity contribution is -0.127. The second kappa shape index (κ2) is 9.34. The topological polar surface area (TPSA) is 91.3 Å². The predicted molar refractivity (Wildman–Crippen MR) is 112 cm³/mol. The van der Waals surface area contributed by atoms with Crippen LogP contribution in [0.5, 0.6) is 0 Å². The first-order valence-electron chi connectivity index (χ1n) is 10.2. The van der Waals surface area contributed by atoms with Gasteiger partial charge in [0.2, 0.25) is 5.91 Å². The van der Waals surface area contributed by atoms with E-state index in [1.807, 2.05) is 0 Å². The molecule has 0 bridgehead atoms. The van der Waals surface area contributed by atoms with Crippen molar-refractivity contribution in [1.82, 2.24) is 15.6 Å². The molecule has 1 aromatic carbocycles. The smallest absolute Gasteiger partial charge is 0.253 e. The second-order valence-electron chi connectivity index (χ2n) is 8.51. The SMILES string of the molecule is CC(C)(O)CNC(=O)[C@@H]1CCC[C@H](NC(=O)c2ccc(-c3cccc(F)c3)nc2)C1. The number of carbonyl (C=O) groups excluding carboxylic acids is 2. The van der Waals surface area contributed by atoms with Crippen molar-refractivity contribution < 1.29 is 19.1 Å². The van der Waals surface area contributed by atoms with Gasteiger partial charge in [-0.2, -0.15) is 0 Å². The fourth-order valence-electron chi connectivity index (χ4n) is 3.62. The number of aromatic nitrogens is 1. The number of hydrogen-bond acceptors (Lipinski definition) is 4. The number of pyridine rings is 1. The van der Waals surface area contributed by atoms with E-state index in [2.05, 4.69) is 15.6 Å². The third kappa shape index (κ3) is 6.10. The molecule has 1 heterocycles. The van der Waals surface area contributed by atoms with Crippen LogP contribution in [-0.4, -0.2) is 40.1 Å². The highest BCUT2D eigenvalue weighted by molar-refractivity contribution is 5.94. The molecule has 1 aromatic heterocycles. The van der Waals surface area contributed by atoms with Crippen LogP contribution >= 0.6 is 0 Å². The number of carbonyl (C=O) groups is 2. The molecule has 3 N–H and O–H groups in total. The van der Waals surface area contributed by atoms with Crippen LogP contribution in [0.1, 0.15) is 49.9 Å². The maximum atomic E-state index is 13.4. The molecule has 3 rings (SSSR count). The van der Waals surface area contributed by atoms with Gasteiger partial charge in [0.25, 0.3) is 5.91 Å². The van der Waals surface area contributed by atoms with Crippen LogP contribution in [0.4, 0.5) is 4.39 Å². The molecule has 2 aromatic rings. The van der Waals surface area contributed by atoms with Gasteiger partial charge in [-0.3, -0.25) is 14.6 Å². The molecule has 1 aliphatic carbocycles. The number of halogens is 1. The van der Waals surface area contributed by atoms with Crippen molar-refractivity contribution in [3.63, 3.8) is 0 Å². The fourth-order valence-corrected chi connectivity index (χ4v) is 3.62. The summed E-state index contributed by atoms with van der Waals surface area (Å²) in [4.78, 5) is 29.3. The van der Waals surface area contributed by atoms with E-state index < -0.39 is 5.60 Å². The molecule has 2 amide bonds. The van der Waals surface area contributed by atoms with Crippen molar-refractivity contribution in [3.05, 3.63) is 54.0 Å². The quantitative estimate of drug-likeness (QED) is 0.679. The number of rotatable bonds is 6. The van der Waals surface area contributed by atoms with E-state index in [-0.39, 0.29) is 36.1 Å². The van der Waals surface area contributed by atoms with Crippen LogP contribution in [0.2, 0.25) is 0 Å². The molecule has 2 atom stereocenters. The third-order valence-electron chi connectivity index (χ3n) is 5.22. The Morgan fingerprint density at radius 3 is 2.70 bits per heavy atom. The standard InChI is InChI=1S/C23H28FN3O3/c1-23(2,30)14-26-21(28)16-6-4-8-19(12-16)27-22(29)17-9-10-20(25-13-17)15-5-3-7-18(24)11-15/h3,5,7,9-11,13,16,19,30H,4,6,8,12,14H2,1-2H3,(H,26,28)(H,27,29)/t16-,19+/m1/s1. The monoisotopic (exact) mass is 413 g/mol. The van der Waals surface area contributed by atoms with Crippen molar-refractivity contribution in [2.24, 2.45) is 5.92 Å². The Hall–Kier alpha value is -2.80. The van der Waals surface area contributed by atoms with Crippen molar-refractivity contribution in [1.29, 1.82) is 0 Å². The van der Waals surface area contributed by atoms with Crippen molar-refractivity contribution in [2.75, 3.05) is 6.54 Å².